The molecule has 0 bridgehead atoms. The van der Waals surface area contributed by atoms with Gasteiger partial charge in [0.05, 0.1) is 11.7 Å². The second-order valence-corrected chi connectivity index (χ2v) is 7.50. The lowest BCUT2D eigenvalue weighted by atomic mass is 10.1. The molecule has 0 saturated heterocycles. The fraction of sp³-hybridized carbons (Fsp3) is 0.333. The Balaban J connectivity index is 1.58. The number of para-hydroxylation sites is 1. The minimum Gasteiger partial charge on any atom is -0.324 e. The van der Waals surface area contributed by atoms with Crippen LogP contribution in [0.2, 0.25) is 0 Å². The predicted molar refractivity (Wildman–Crippen MR) is 124 cm³/mol. The number of hydrazone groups is 1. The molecule has 2 aromatic heterocycles. The number of hydrogen-bond acceptors (Lipinski definition) is 5. The highest BCUT2D eigenvalue weighted by Crippen LogP contribution is 2.26. The Morgan fingerprint density at radius 1 is 0.967 bits per heavy atom. The van der Waals surface area contributed by atoms with Crippen LogP contribution in [0.5, 0.6) is 0 Å². The zero-order valence-corrected chi connectivity index (χ0v) is 17.7. The summed E-state index contributed by atoms with van der Waals surface area (Å²) in [4.78, 5) is 4.73. The fourth-order valence-corrected chi connectivity index (χ4v) is 3.68. The summed E-state index contributed by atoms with van der Waals surface area (Å²) in [7, 11) is 0. The van der Waals surface area contributed by atoms with Crippen LogP contribution in [0.15, 0.2) is 53.6 Å². The molecule has 0 amide bonds. The first-order valence-corrected chi connectivity index (χ1v) is 10.8. The molecule has 0 atom stereocenters. The van der Waals surface area contributed by atoms with Crippen molar-refractivity contribution >= 4 is 34.2 Å². The minimum atomic E-state index is 0.404. The number of fused-ring (bicyclic) bond motifs is 3. The van der Waals surface area contributed by atoms with Crippen LogP contribution in [0.1, 0.15) is 50.7 Å². The highest BCUT2D eigenvalue weighted by Gasteiger charge is 2.14. The lowest BCUT2D eigenvalue weighted by Crippen LogP contribution is -2.03. The van der Waals surface area contributed by atoms with Gasteiger partial charge in [-0.2, -0.15) is 10.1 Å². The molecule has 6 nitrogen and oxygen atoms in total. The molecule has 4 rings (SSSR count). The topological polar surface area (TPSA) is 68.0 Å². The number of aromatic nitrogens is 4. The average molecular weight is 401 g/mol. The van der Waals surface area contributed by atoms with Crippen molar-refractivity contribution in [3.05, 3.63) is 59.7 Å². The summed E-state index contributed by atoms with van der Waals surface area (Å²) < 4.78 is 2.26. The van der Waals surface area contributed by atoms with Crippen molar-refractivity contribution in [2.75, 3.05) is 5.43 Å². The van der Waals surface area contributed by atoms with Gasteiger partial charge in [-0.1, -0.05) is 75.6 Å². The number of hydrogen-bond donors (Lipinski definition) is 1. The van der Waals surface area contributed by atoms with Crippen molar-refractivity contribution in [3.63, 3.8) is 0 Å². The first kappa shape index (κ1) is 20.0. The summed E-state index contributed by atoms with van der Waals surface area (Å²) in [6.45, 7) is 5.30. The molecule has 0 aliphatic rings. The molecule has 0 radical (unpaired) electrons. The highest BCUT2D eigenvalue weighted by atomic mass is 15.4. The Hall–Kier alpha value is -3.28. The summed E-state index contributed by atoms with van der Waals surface area (Å²) >= 11 is 0. The van der Waals surface area contributed by atoms with Crippen molar-refractivity contribution in [1.29, 1.82) is 0 Å². The summed E-state index contributed by atoms with van der Waals surface area (Å²) in [6, 6.07) is 16.6. The van der Waals surface area contributed by atoms with Gasteiger partial charge >= 0.3 is 0 Å². The van der Waals surface area contributed by atoms with E-state index in [0.29, 0.717) is 5.95 Å². The third-order valence-electron chi connectivity index (χ3n) is 5.38. The van der Waals surface area contributed by atoms with E-state index in [1.54, 1.807) is 6.21 Å². The van der Waals surface area contributed by atoms with E-state index in [2.05, 4.69) is 81.6 Å². The van der Waals surface area contributed by atoms with Gasteiger partial charge in [-0.15, -0.1) is 10.2 Å². The third kappa shape index (κ3) is 4.32. The summed E-state index contributed by atoms with van der Waals surface area (Å²) in [5, 5.41) is 14.1. The molecule has 154 valence electrons. The van der Waals surface area contributed by atoms with Gasteiger partial charge in [-0.25, -0.2) is 5.43 Å². The van der Waals surface area contributed by atoms with Gasteiger partial charge in [0.1, 0.15) is 5.52 Å². The lowest BCUT2D eigenvalue weighted by Gasteiger charge is -2.06. The fourth-order valence-electron chi connectivity index (χ4n) is 3.68. The second kappa shape index (κ2) is 9.48. The first-order valence-electron chi connectivity index (χ1n) is 10.8. The van der Waals surface area contributed by atoms with Gasteiger partial charge < -0.3 is 4.57 Å². The van der Waals surface area contributed by atoms with E-state index in [-0.39, 0.29) is 0 Å². The Kier molecular flexibility index (Phi) is 6.32. The normalized spacial score (nSPS) is 11.7. The van der Waals surface area contributed by atoms with E-state index in [9.17, 15) is 0 Å². The van der Waals surface area contributed by atoms with Crippen molar-refractivity contribution in [1.82, 2.24) is 19.7 Å². The van der Waals surface area contributed by atoms with Gasteiger partial charge in [0.2, 0.25) is 0 Å². The van der Waals surface area contributed by atoms with Crippen LogP contribution >= 0.6 is 0 Å². The van der Waals surface area contributed by atoms with Gasteiger partial charge in [0.25, 0.3) is 5.95 Å². The molecule has 6 heteroatoms. The summed E-state index contributed by atoms with van der Waals surface area (Å²) in [5.41, 5.74) is 8.12. The molecule has 0 fully saturated rings. The van der Waals surface area contributed by atoms with E-state index in [0.717, 1.165) is 47.0 Å². The standard InChI is InChI=1S/C24H28N6/c1-3-5-6-9-16-30-21-11-8-7-10-20(21)22-23(30)26-24(29-27-22)28-25-17-19-14-12-18(4-2)13-15-19/h7-8,10-15,17H,3-6,9,16H2,1-2H3,(H,26,28,29)/b25-17+. The maximum absolute atomic E-state index is 4.73. The molecule has 0 unspecified atom stereocenters. The van der Waals surface area contributed by atoms with Gasteiger partial charge in [-0.05, 0) is 30.0 Å². The number of aryl methyl sites for hydroxylation is 2. The van der Waals surface area contributed by atoms with E-state index in [4.69, 9.17) is 4.98 Å². The molecule has 0 aliphatic heterocycles. The van der Waals surface area contributed by atoms with Crippen LogP contribution in [0, 0.1) is 0 Å². The van der Waals surface area contributed by atoms with Crippen LogP contribution in [-0.2, 0) is 13.0 Å². The monoisotopic (exact) mass is 400 g/mol. The minimum absolute atomic E-state index is 0.404. The quantitative estimate of drug-likeness (QED) is 0.227. The SMILES string of the molecule is CCCCCCn1c2ccccc2c2nnc(N/N=C/c3ccc(CC)cc3)nc21. The number of rotatable bonds is 9. The van der Waals surface area contributed by atoms with Gasteiger partial charge in [0.15, 0.2) is 5.65 Å². The molecule has 0 aliphatic carbocycles. The highest BCUT2D eigenvalue weighted by molar-refractivity contribution is 6.04. The van der Waals surface area contributed by atoms with Gasteiger partial charge in [0, 0.05) is 11.9 Å². The van der Waals surface area contributed by atoms with Crippen molar-refractivity contribution < 1.29 is 0 Å². The van der Waals surface area contributed by atoms with Crippen molar-refractivity contribution in [2.45, 2.75) is 52.5 Å². The Morgan fingerprint density at radius 2 is 1.80 bits per heavy atom. The molecule has 0 spiro atoms. The number of anilines is 1. The molecule has 0 saturated carbocycles. The molecule has 4 aromatic rings. The smallest absolute Gasteiger partial charge is 0.265 e. The van der Waals surface area contributed by atoms with Crippen LogP contribution in [0.4, 0.5) is 5.95 Å². The van der Waals surface area contributed by atoms with Crippen LogP contribution in [0.3, 0.4) is 0 Å². The second-order valence-electron chi connectivity index (χ2n) is 7.50. The number of nitrogens with one attached hydrogen (secondary N) is 1. The molecular weight excluding hydrogens is 372 g/mol. The third-order valence-corrected chi connectivity index (χ3v) is 5.38. The lowest BCUT2D eigenvalue weighted by molar-refractivity contribution is 0.600. The largest absolute Gasteiger partial charge is 0.324 e. The zero-order chi connectivity index (χ0) is 20.8. The Labute approximate surface area is 177 Å². The predicted octanol–water partition coefficient (Wildman–Crippen LogP) is 5.57. The summed E-state index contributed by atoms with van der Waals surface area (Å²) in [6.07, 6.45) is 7.62. The molecule has 2 aromatic carbocycles. The molecule has 30 heavy (non-hydrogen) atoms. The van der Waals surface area contributed by atoms with Crippen LogP contribution in [0.25, 0.3) is 22.1 Å². The zero-order valence-electron chi connectivity index (χ0n) is 17.7. The van der Waals surface area contributed by atoms with E-state index in [1.807, 2.05) is 6.07 Å². The van der Waals surface area contributed by atoms with Crippen molar-refractivity contribution in [3.8, 4) is 0 Å². The number of benzene rings is 2. The average Bonchev–Trinajstić information content (AvgIpc) is 3.10. The van der Waals surface area contributed by atoms with Crippen LogP contribution in [-0.4, -0.2) is 26.0 Å². The van der Waals surface area contributed by atoms with E-state index >= 15 is 0 Å². The van der Waals surface area contributed by atoms with Crippen LogP contribution < -0.4 is 5.43 Å². The Morgan fingerprint density at radius 3 is 2.60 bits per heavy atom. The molecular formula is C24H28N6. The molecule has 1 N–H and O–H groups in total. The summed E-state index contributed by atoms with van der Waals surface area (Å²) in [5.74, 6) is 0.404. The number of nitrogens with zero attached hydrogens (tertiary/aromatic N) is 5. The first-order chi connectivity index (χ1) is 14.8. The Bertz CT molecular complexity index is 1140. The maximum atomic E-state index is 4.73. The number of unbranched alkanes of at least 4 members (excludes halogenated alkanes) is 3. The van der Waals surface area contributed by atoms with E-state index in [1.165, 1.54) is 24.8 Å². The maximum Gasteiger partial charge on any atom is 0.265 e. The van der Waals surface area contributed by atoms with Gasteiger partial charge in [-0.3, -0.25) is 0 Å². The van der Waals surface area contributed by atoms with Crippen molar-refractivity contribution in [2.24, 2.45) is 5.10 Å². The molecule has 2 heterocycles. The van der Waals surface area contributed by atoms with E-state index < -0.39 is 0 Å².